The van der Waals surface area contributed by atoms with Gasteiger partial charge < -0.3 is 9.73 Å². The van der Waals surface area contributed by atoms with Crippen LogP contribution in [0.1, 0.15) is 11.1 Å². The molecule has 0 bridgehead atoms. The van der Waals surface area contributed by atoms with E-state index >= 15 is 0 Å². The van der Waals surface area contributed by atoms with Crippen molar-refractivity contribution < 1.29 is 17.6 Å². The Hall–Kier alpha value is -3.29. The third-order valence-corrected chi connectivity index (χ3v) is 4.49. The molecule has 0 aliphatic rings. The SMILES string of the molecule is CNc1nc(=O)n(-c2ccccc2C)c2cc(C(F)(F)F)c3ccoc3c12. The van der Waals surface area contributed by atoms with Crippen LogP contribution in [0.3, 0.4) is 0 Å². The maximum absolute atomic E-state index is 13.7. The van der Waals surface area contributed by atoms with E-state index in [1.165, 1.54) is 16.9 Å². The third-order valence-electron chi connectivity index (χ3n) is 4.49. The first-order valence-corrected chi connectivity index (χ1v) is 8.11. The van der Waals surface area contributed by atoms with Crippen LogP contribution in [0.15, 0.2) is 51.9 Å². The Bertz CT molecular complexity index is 1240. The molecule has 0 saturated carbocycles. The van der Waals surface area contributed by atoms with Gasteiger partial charge in [-0.05, 0) is 30.7 Å². The van der Waals surface area contributed by atoms with Crippen LogP contribution in [0, 0.1) is 6.92 Å². The van der Waals surface area contributed by atoms with Crippen LogP contribution in [0.2, 0.25) is 0 Å². The zero-order valence-corrected chi connectivity index (χ0v) is 14.4. The molecular formula is C19H14F3N3O2. The zero-order chi connectivity index (χ0) is 19.3. The van der Waals surface area contributed by atoms with Crippen LogP contribution in [0.25, 0.3) is 27.6 Å². The fourth-order valence-corrected chi connectivity index (χ4v) is 3.29. The van der Waals surface area contributed by atoms with Crippen LogP contribution in [0.4, 0.5) is 19.0 Å². The Morgan fingerprint density at radius 2 is 1.93 bits per heavy atom. The van der Waals surface area contributed by atoms with Crippen molar-refractivity contribution in [3.05, 3.63) is 64.3 Å². The summed E-state index contributed by atoms with van der Waals surface area (Å²) in [5.41, 5.74) is -0.258. The summed E-state index contributed by atoms with van der Waals surface area (Å²) in [6, 6.07) is 9.17. The normalized spacial score (nSPS) is 12.0. The number of hydrogen-bond donors (Lipinski definition) is 1. The molecule has 0 aliphatic heterocycles. The first kappa shape index (κ1) is 17.1. The van der Waals surface area contributed by atoms with E-state index in [4.69, 9.17) is 4.42 Å². The van der Waals surface area contributed by atoms with Gasteiger partial charge in [-0.3, -0.25) is 4.57 Å². The van der Waals surface area contributed by atoms with E-state index < -0.39 is 17.4 Å². The van der Waals surface area contributed by atoms with E-state index in [1.807, 2.05) is 0 Å². The molecule has 0 fully saturated rings. The highest BCUT2D eigenvalue weighted by Crippen LogP contribution is 2.40. The zero-order valence-electron chi connectivity index (χ0n) is 14.4. The van der Waals surface area contributed by atoms with E-state index in [-0.39, 0.29) is 22.3 Å². The summed E-state index contributed by atoms with van der Waals surface area (Å²) in [5, 5.41) is 3.01. The lowest BCUT2D eigenvalue weighted by Gasteiger charge is -2.17. The van der Waals surface area contributed by atoms with Gasteiger partial charge in [-0.25, -0.2) is 4.79 Å². The van der Waals surface area contributed by atoms with Crippen LogP contribution in [0.5, 0.6) is 0 Å². The smallest absolute Gasteiger partial charge is 0.417 e. The minimum atomic E-state index is -4.61. The number of para-hydroxylation sites is 1. The molecule has 27 heavy (non-hydrogen) atoms. The van der Waals surface area contributed by atoms with Crippen molar-refractivity contribution >= 4 is 27.7 Å². The minimum absolute atomic E-state index is 0.0269. The van der Waals surface area contributed by atoms with Gasteiger partial charge in [-0.15, -0.1) is 0 Å². The molecule has 0 unspecified atom stereocenters. The summed E-state index contributed by atoms with van der Waals surface area (Å²) < 4.78 is 47.5. The highest BCUT2D eigenvalue weighted by Gasteiger charge is 2.35. The molecule has 0 saturated heterocycles. The second-order valence-electron chi connectivity index (χ2n) is 6.09. The van der Waals surface area contributed by atoms with Crippen molar-refractivity contribution in [1.82, 2.24) is 9.55 Å². The monoisotopic (exact) mass is 373 g/mol. The molecule has 2 aromatic heterocycles. The second kappa shape index (κ2) is 5.87. The molecule has 4 rings (SSSR count). The largest absolute Gasteiger partial charge is 0.463 e. The number of fused-ring (bicyclic) bond motifs is 3. The van der Waals surface area contributed by atoms with Crippen molar-refractivity contribution in [2.24, 2.45) is 0 Å². The van der Waals surface area contributed by atoms with Gasteiger partial charge >= 0.3 is 11.9 Å². The maximum Gasteiger partial charge on any atom is 0.417 e. The van der Waals surface area contributed by atoms with Crippen LogP contribution < -0.4 is 11.0 Å². The number of aryl methyl sites for hydroxylation is 1. The molecule has 0 aliphatic carbocycles. The Morgan fingerprint density at radius 1 is 1.19 bits per heavy atom. The molecule has 4 aromatic rings. The highest BCUT2D eigenvalue weighted by molar-refractivity contribution is 6.10. The van der Waals surface area contributed by atoms with Gasteiger partial charge in [0.15, 0.2) is 0 Å². The first-order chi connectivity index (χ1) is 12.8. The van der Waals surface area contributed by atoms with Gasteiger partial charge in [0.25, 0.3) is 0 Å². The number of furan rings is 1. The summed E-state index contributed by atoms with van der Waals surface area (Å²) in [6.07, 6.45) is -3.41. The van der Waals surface area contributed by atoms with Gasteiger partial charge in [0.2, 0.25) is 0 Å². The van der Waals surface area contributed by atoms with E-state index in [2.05, 4.69) is 10.3 Å². The molecule has 2 aromatic carbocycles. The highest BCUT2D eigenvalue weighted by atomic mass is 19.4. The third kappa shape index (κ3) is 2.56. The Morgan fingerprint density at radius 3 is 2.59 bits per heavy atom. The van der Waals surface area contributed by atoms with Crippen LogP contribution in [-0.2, 0) is 6.18 Å². The first-order valence-electron chi connectivity index (χ1n) is 8.11. The number of benzene rings is 2. The average molecular weight is 373 g/mol. The van der Waals surface area contributed by atoms with Crippen molar-refractivity contribution in [2.75, 3.05) is 12.4 Å². The Labute approximate surface area is 151 Å². The fraction of sp³-hybridized carbons (Fsp3) is 0.158. The number of alkyl halides is 3. The van der Waals surface area contributed by atoms with E-state index in [0.29, 0.717) is 11.1 Å². The van der Waals surface area contributed by atoms with Crippen LogP contribution in [-0.4, -0.2) is 16.6 Å². The number of halogens is 3. The Kier molecular flexibility index (Phi) is 3.73. The van der Waals surface area contributed by atoms with Crippen molar-refractivity contribution in [1.29, 1.82) is 0 Å². The molecule has 0 atom stereocenters. The molecular weight excluding hydrogens is 359 g/mol. The topological polar surface area (TPSA) is 60.1 Å². The summed E-state index contributed by atoms with van der Waals surface area (Å²) in [6.45, 7) is 1.77. The van der Waals surface area contributed by atoms with Gasteiger partial charge in [0.1, 0.15) is 11.4 Å². The molecule has 2 heterocycles. The van der Waals surface area contributed by atoms with E-state index in [1.54, 1.807) is 38.2 Å². The predicted octanol–water partition coefficient (Wildman–Crippen LogP) is 4.50. The molecule has 8 heteroatoms. The second-order valence-corrected chi connectivity index (χ2v) is 6.09. The summed E-state index contributed by atoms with van der Waals surface area (Å²) >= 11 is 0. The Balaban J connectivity index is 2.28. The standard InChI is InChI=1S/C19H14F3N3O2/c1-10-5-3-4-6-13(10)25-14-9-12(19(20,21)22)11-7-8-27-16(11)15(14)17(23-2)24-18(25)26/h3-9H,1-2H3,(H,23,24,26). The summed E-state index contributed by atoms with van der Waals surface area (Å²) in [4.78, 5) is 16.7. The number of anilines is 1. The number of nitrogens with zero attached hydrogens (tertiary/aromatic N) is 2. The van der Waals surface area contributed by atoms with Crippen molar-refractivity contribution in [2.45, 2.75) is 13.1 Å². The van der Waals surface area contributed by atoms with Crippen LogP contribution >= 0.6 is 0 Å². The summed E-state index contributed by atoms with van der Waals surface area (Å²) in [7, 11) is 1.55. The van der Waals surface area contributed by atoms with E-state index in [0.717, 1.165) is 11.6 Å². The van der Waals surface area contributed by atoms with Crippen molar-refractivity contribution in [3.8, 4) is 5.69 Å². The molecule has 0 spiro atoms. The van der Waals surface area contributed by atoms with Gasteiger partial charge in [0, 0.05) is 12.4 Å². The molecule has 1 N–H and O–H groups in total. The lowest BCUT2D eigenvalue weighted by molar-refractivity contribution is -0.136. The summed E-state index contributed by atoms with van der Waals surface area (Å²) in [5.74, 6) is 0.161. The predicted molar refractivity (Wildman–Crippen MR) is 96.4 cm³/mol. The molecule has 0 amide bonds. The lowest BCUT2D eigenvalue weighted by atomic mass is 10.0. The van der Waals surface area contributed by atoms with Crippen molar-refractivity contribution in [3.63, 3.8) is 0 Å². The van der Waals surface area contributed by atoms with Gasteiger partial charge in [-0.2, -0.15) is 18.2 Å². The number of nitrogens with one attached hydrogen (secondary N) is 1. The number of rotatable bonds is 2. The number of hydrogen-bond acceptors (Lipinski definition) is 4. The number of aromatic nitrogens is 2. The molecule has 138 valence electrons. The minimum Gasteiger partial charge on any atom is -0.463 e. The average Bonchev–Trinajstić information content (AvgIpc) is 3.09. The molecule has 0 radical (unpaired) electrons. The fourth-order valence-electron chi connectivity index (χ4n) is 3.29. The van der Waals surface area contributed by atoms with E-state index in [9.17, 15) is 18.0 Å². The van der Waals surface area contributed by atoms with Gasteiger partial charge in [-0.1, -0.05) is 18.2 Å². The van der Waals surface area contributed by atoms with Gasteiger partial charge in [0.05, 0.1) is 28.4 Å². The quantitative estimate of drug-likeness (QED) is 0.562. The maximum atomic E-state index is 13.7. The molecule has 5 nitrogen and oxygen atoms in total. The lowest BCUT2D eigenvalue weighted by Crippen LogP contribution is -2.24.